The summed E-state index contributed by atoms with van der Waals surface area (Å²) in [6.45, 7) is 8.15. The van der Waals surface area contributed by atoms with Crippen molar-refractivity contribution in [2.24, 2.45) is 5.92 Å². The van der Waals surface area contributed by atoms with Crippen LogP contribution in [0.2, 0.25) is 0 Å². The summed E-state index contributed by atoms with van der Waals surface area (Å²) in [4.78, 5) is 33.7. The number of hydrogen-bond acceptors (Lipinski definition) is 4. The first-order valence-electron chi connectivity index (χ1n) is 4.39. The summed E-state index contributed by atoms with van der Waals surface area (Å²) in [6.07, 6.45) is 0. The number of thioether (sulfide) groups is 1. The molecule has 0 aromatic rings. The second-order valence-corrected chi connectivity index (χ2v) is 6.02. The molecule has 0 saturated carbocycles. The highest BCUT2D eigenvalue weighted by atomic mass is 32.2. The first-order chi connectivity index (χ1) is 6.15. The Hall–Kier alpha value is -0.640. The van der Waals surface area contributed by atoms with Gasteiger partial charge in [0.15, 0.2) is 0 Å². The van der Waals surface area contributed by atoms with E-state index < -0.39 is 5.92 Å². The van der Waals surface area contributed by atoms with Gasteiger partial charge in [0, 0.05) is 4.75 Å². The van der Waals surface area contributed by atoms with Crippen LogP contribution in [0.5, 0.6) is 0 Å². The van der Waals surface area contributed by atoms with E-state index in [1.54, 1.807) is 0 Å². The van der Waals surface area contributed by atoms with Gasteiger partial charge in [0.25, 0.3) is 0 Å². The minimum Gasteiger partial charge on any atom is -0.299 e. The van der Waals surface area contributed by atoms with Crippen LogP contribution in [0.25, 0.3) is 0 Å². The third-order valence-electron chi connectivity index (χ3n) is 1.46. The maximum atomic E-state index is 11.6. The van der Waals surface area contributed by atoms with E-state index in [-0.39, 0.29) is 21.4 Å². The highest BCUT2D eigenvalue weighted by molar-refractivity contribution is 8.14. The maximum Gasteiger partial charge on any atom is 0.207 e. The van der Waals surface area contributed by atoms with Crippen molar-refractivity contribution in [3.63, 3.8) is 0 Å². The minimum atomic E-state index is -1.08. The Balaban J connectivity index is 4.63. The number of carbonyl (C=O) groups is 3. The highest BCUT2D eigenvalue weighted by Crippen LogP contribution is 2.27. The van der Waals surface area contributed by atoms with Crippen LogP contribution in [0.15, 0.2) is 0 Å². The standard InChI is InChI=1S/C10H16O3S/c1-6(11)8(7(2)12)9(13)14-10(3,4)5/h8H,1-5H3. The molecule has 0 saturated heterocycles. The third-order valence-corrected chi connectivity index (χ3v) is 2.50. The molecule has 0 aliphatic heterocycles. The summed E-state index contributed by atoms with van der Waals surface area (Å²) < 4.78 is -0.264. The molecule has 0 amide bonds. The largest absolute Gasteiger partial charge is 0.299 e. The SMILES string of the molecule is CC(=O)C(C(C)=O)C(=O)SC(C)(C)C. The van der Waals surface area contributed by atoms with Crippen molar-refractivity contribution in [2.45, 2.75) is 39.4 Å². The van der Waals surface area contributed by atoms with Crippen molar-refractivity contribution in [2.75, 3.05) is 0 Å². The summed E-state index contributed by atoms with van der Waals surface area (Å²) in [7, 11) is 0. The van der Waals surface area contributed by atoms with Crippen LogP contribution >= 0.6 is 11.8 Å². The molecule has 14 heavy (non-hydrogen) atoms. The lowest BCUT2D eigenvalue weighted by molar-refractivity contribution is -0.134. The molecule has 0 aliphatic carbocycles. The normalized spacial score (nSPS) is 11.6. The second-order valence-electron chi connectivity index (χ2n) is 4.19. The third kappa shape index (κ3) is 4.56. The number of rotatable bonds is 3. The Morgan fingerprint density at radius 1 is 1.00 bits per heavy atom. The van der Waals surface area contributed by atoms with Gasteiger partial charge in [-0.2, -0.15) is 0 Å². The molecule has 0 N–H and O–H groups in total. The van der Waals surface area contributed by atoms with Crippen LogP contribution in [0.4, 0.5) is 0 Å². The molecule has 0 aliphatic rings. The summed E-state index contributed by atoms with van der Waals surface area (Å²) in [5, 5.41) is -0.350. The molecule has 80 valence electrons. The monoisotopic (exact) mass is 216 g/mol. The number of hydrogen-bond donors (Lipinski definition) is 0. The van der Waals surface area contributed by atoms with Gasteiger partial charge in [-0.15, -0.1) is 0 Å². The van der Waals surface area contributed by atoms with Crippen molar-refractivity contribution >= 4 is 28.4 Å². The van der Waals surface area contributed by atoms with Gasteiger partial charge in [-0.25, -0.2) is 0 Å². The Morgan fingerprint density at radius 3 is 1.57 bits per heavy atom. The summed E-state index contributed by atoms with van der Waals surface area (Å²) in [5.41, 5.74) is 0. The van der Waals surface area contributed by atoms with Crippen molar-refractivity contribution in [1.82, 2.24) is 0 Å². The number of carbonyl (C=O) groups excluding carboxylic acids is 3. The van der Waals surface area contributed by atoms with E-state index in [2.05, 4.69) is 0 Å². The molecule has 4 heteroatoms. The summed E-state index contributed by atoms with van der Waals surface area (Å²) >= 11 is 1.04. The van der Waals surface area contributed by atoms with Crippen molar-refractivity contribution < 1.29 is 14.4 Å². The zero-order valence-electron chi connectivity index (χ0n) is 9.21. The zero-order chi connectivity index (χ0) is 11.5. The molecular weight excluding hydrogens is 200 g/mol. The predicted molar refractivity (Wildman–Crippen MR) is 57.2 cm³/mol. The molecule has 0 aromatic heterocycles. The molecular formula is C10H16O3S. The van der Waals surface area contributed by atoms with E-state index in [1.807, 2.05) is 20.8 Å². The second kappa shape index (κ2) is 4.73. The highest BCUT2D eigenvalue weighted by Gasteiger charge is 2.31. The topological polar surface area (TPSA) is 51.2 Å². The lowest BCUT2D eigenvalue weighted by Crippen LogP contribution is -2.29. The van der Waals surface area contributed by atoms with Gasteiger partial charge in [0.2, 0.25) is 5.12 Å². The first-order valence-corrected chi connectivity index (χ1v) is 5.20. The molecule has 0 rings (SSSR count). The molecule has 0 fully saturated rings. The van der Waals surface area contributed by atoms with Gasteiger partial charge in [-0.3, -0.25) is 14.4 Å². The molecule has 0 bridgehead atoms. The predicted octanol–water partition coefficient (Wildman–Crippen LogP) is 1.84. The van der Waals surface area contributed by atoms with Gasteiger partial charge >= 0.3 is 0 Å². The molecule has 3 nitrogen and oxygen atoms in total. The van der Waals surface area contributed by atoms with Gasteiger partial charge in [0.05, 0.1) is 0 Å². The van der Waals surface area contributed by atoms with Gasteiger partial charge in [-0.1, -0.05) is 32.5 Å². The van der Waals surface area contributed by atoms with E-state index in [0.29, 0.717) is 0 Å². The first kappa shape index (κ1) is 13.4. The minimum absolute atomic E-state index is 0.264. The average molecular weight is 216 g/mol. The van der Waals surface area contributed by atoms with Crippen LogP contribution in [-0.2, 0) is 14.4 Å². The zero-order valence-corrected chi connectivity index (χ0v) is 10.0. The molecule has 0 atom stereocenters. The summed E-state index contributed by atoms with van der Waals surface area (Å²) in [5.74, 6) is -1.84. The lowest BCUT2D eigenvalue weighted by Gasteiger charge is -2.18. The average Bonchev–Trinajstić information content (AvgIpc) is 1.78. The van der Waals surface area contributed by atoms with Gasteiger partial charge in [0.1, 0.15) is 17.5 Å². The van der Waals surface area contributed by atoms with Crippen LogP contribution in [-0.4, -0.2) is 21.4 Å². The Bertz CT molecular complexity index is 249. The van der Waals surface area contributed by atoms with E-state index in [1.165, 1.54) is 13.8 Å². The fourth-order valence-corrected chi connectivity index (χ4v) is 2.03. The van der Waals surface area contributed by atoms with Crippen LogP contribution < -0.4 is 0 Å². The fraction of sp³-hybridized carbons (Fsp3) is 0.700. The smallest absolute Gasteiger partial charge is 0.207 e. The molecule has 0 unspecified atom stereocenters. The number of ketones is 2. The Labute approximate surface area is 88.6 Å². The quantitative estimate of drug-likeness (QED) is 0.675. The van der Waals surface area contributed by atoms with E-state index in [0.717, 1.165) is 11.8 Å². The molecule has 0 heterocycles. The van der Waals surface area contributed by atoms with E-state index in [4.69, 9.17) is 0 Å². The summed E-state index contributed by atoms with van der Waals surface area (Å²) in [6, 6.07) is 0. The Kier molecular flexibility index (Phi) is 4.52. The molecule has 0 spiro atoms. The van der Waals surface area contributed by atoms with E-state index in [9.17, 15) is 14.4 Å². The lowest BCUT2D eigenvalue weighted by atomic mass is 10.0. The van der Waals surface area contributed by atoms with Crippen LogP contribution in [0.3, 0.4) is 0 Å². The molecule has 0 aromatic carbocycles. The van der Waals surface area contributed by atoms with Crippen molar-refractivity contribution in [1.29, 1.82) is 0 Å². The van der Waals surface area contributed by atoms with E-state index >= 15 is 0 Å². The fourth-order valence-electron chi connectivity index (χ4n) is 0.979. The van der Waals surface area contributed by atoms with Gasteiger partial charge in [-0.05, 0) is 13.8 Å². The van der Waals surface area contributed by atoms with Crippen LogP contribution in [0.1, 0.15) is 34.6 Å². The molecule has 0 radical (unpaired) electrons. The van der Waals surface area contributed by atoms with Crippen molar-refractivity contribution in [3.05, 3.63) is 0 Å². The van der Waals surface area contributed by atoms with Gasteiger partial charge < -0.3 is 0 Å². The number of Topliss-reactive ketones (excluding diaryl/α,β-unsaturated/α-hetero) is 2. The van der Waals surface area contributed by atoms with Crippen molar-refractivity contribution in [3.8, 4) is 0 Å². The maximum absolute atomic E-state index is 11.6. The van der Waals surface area contributed by atoms with Crippen LogP contribution in [0, 0.1) is 5.92 Å². The Morgan fingerprint density at radius 2 is 1.36 bits per heavy atom.